The Kier molecular flexibility index (Phi) is 3.29. The minimum absolute atomic E-state index is 0.317. The van der Waals surface area contributed by atoms with E-state index in [2.05, 4.69) is 6.92 Å². The molecule has 0 saturated carbocycles. The second kappa shape index (κ2) is 4.26. The number of nitrogens with two attached hydrogens (primary N) is 1. The predicted octanol–water partition coefficient (Wildman–Crippen LogP) is 2.19. The van der Waals surface area contributed by atoms with Crippen molar-refractivity contribution < 1.29 is 4.79 Å². The molecule has 0 atom stereocenters. The molecule has 0 radical (unpaired) electrons. The van der Waals surface area contributed by atoms with E-state index >= 15 is 0 Å². The number of unbranched alkanes of at least 4 members (excludes halogenated alkanes) is 1. The summed E-state index contributed by atoms with van der Waals surface area (Å²) >= 11 is 1.51. The van der Waals surface area contributed by atoms with Crippen molar-refractivity contribution >= 4 is 17.2 Å². The van der Waals surface area contributed by atoms with E-state index in [0.717, 1.165) is 6.42 Å². The third-order valence-corrected chi connectivity index (χ3v) is 2.84. The topological polar surface area (TPSA) is 43.1 Å². The normalized spacial score (nSPS) is 10.1. The highest BCUT2D eigenvalue weighted by atomic mass is 32.1. The van der Waals surface area contributed by atoms with Crippen molar-refractivity contribution in [1.29, 1.82) is 0 Å². The van der Waals surface area contributed by atoms with Gasteiger partial charge in [-0.1, -0.05) is 13.3 Å². The molecular formula is C9H13NOS. The molecule has 66 valence electrons. The summed E-state index contributed by atoms with van der Waals surface area (Å²) in [5.41, 5.74) is 5.13. The third-order valence-electron chi connectivity index (χ3n) is 1.68. The van der Waals surface area contributed by atoms with E-state index < -0.39 is 0 Å². The van der Waals surface area contributed by atoms with Gasteiger partial charge in [-0.3, -0.25) is 4.79 Å². The van der Waals surface area contributed by atoms with Crippen LogP contribution in [0.5, 0.6) is 0 Å². The zero-order valence-electron chi connectivity index (χ0n) is 7.17. The van der Waals surface area contributed by atoms with Gasteiger partial charge in [0, 0.05) is 4.88 Å². The van der Waals surface area contributed by atoms with Gasteiger partial charge in [0.25, 0.3) is 5.91 Å². The summed E-state index contributed by atoms with van der Waals surface area (Å²) in [5.74, 6) is -0.317. The molecule has 0 bridgehead atoms. The number of carbonyl (C=O) groups is 1. The predicted molar refractivity (Wildman–Crippen MR) is 51.4 cm³/mol. The minimum atomic E-state index is -0.317. The van der Waals surface area contributed by atoms with E-state index in [1.54, 1.807) is 6.07 Å². The molecule has 2 nitrogen and oxygen atoms in total. The van der Waals surface area contributed by atoms with Crippen LogP contribution in [0.2, 0.25) is 0 Å². The van der Waals surface area contributed by atoms with E-state index in [0.29, 0.717) is 4.88 Å². The zero-order valence-corrected chi connectivity index (χ0v) is 7.99. The number of hydrogen-bond donors (Lipinski definition) is 1. The van der Waals surface area contributed by atoms with Crippen LogP contribution in [0.3, 0.4) is 0 Å². The highest BCUT2D eigenvalue weighted by molar-refractivity contribution is 7.14. The third kappa shape index (κ3) is 2.34. The van der Waals surface area contributed by atoms with Crippen molar-refractivity contribution in [3.63, 3.8) is 0 Å². The molecule has 2 N–H and O–H groups in total. The Morgan fingerprint density at radius 1 is 1.58 bits per heavy atom. The molecule has 12 heavy (non-hydrogen) atoms. The maximum atomic E-state index is 10.7. The van der Waals surface area contributed by atoms with Crippen LogP contribution in [0.25, 0.3) is 0 Å². The molecule has 1 amide bonds. The van der Waals surface area contributed by atoms with Gasteiger partial charge in [0.2, 0.25) is 0 Å². The summed E-state index contributed by atoms with van der Waals surface area (Å²) in [6.07, 6.45) is 3.43. The first kappa shape index (κ1) is 9.26. The maximum Gasteiger partial charge on any atom is 0.258 e. The molecule has 0 aromatic carbocycles. The molecule has 1 aromatic rings. The van der Waals surface area contributed by atoms with E-state index in [9.17, 15) is 4.79 Å². The van der Waals surface area contributed by atoms with Crippen LogP contribution in [0.4, 0.5) is 0 Å². The largest absolute Gasteiger partial charge is 0.365 e. The number of carbonyl (C=O) groups excluding carboxylic acids is 1. The molecule has 0 saturated heterocycles. The Hall–Kier alpha value is -0.830. The number of primary amides is 1. The average molecular weight is 183 g/mol. The van der Waals surface area contributed by atoms with Gasteiger partial charge >= 0.3 is 0 Å². The van der Waals surface area contributed by atoms with Crippen LogP contribution < -0.4 is 5.73 Å². The first-order valence-electron chi connectivity index (χ1n) is 4.12. The smallest absolute Gasteiger partial charge is 0.258 e. The van der Waals surface area contributed by atoms with Crippen molar-refractivity contribution in [2.45, 2.75) is 26.2 Å². The number of rotatable bonds is 4. The van der Waals surface area contributed by atoms with Crippen molar-refractivity contribution in [3.8, 4) is 0 Å². The van der Waals surface area contributed by atoms with Crippen molar-refractivity contribution in [3.05, 3.63) is 21.9 Å². The Morgan fingerprint density at radius 3 is 2.83 bits per heavy atom. The second-order valence-electron chi connectivity index (χ2n) is 2.73. The quantitative estimate of drug-likeness (QED) is 0.764. The minimum Gasteiger partial charge on any atom is -0.365 e. The SMILES string of the molecule is CCCCc1ccc(C(N)=O)s1. The number of amides is 1. The van der Waals surface area contributed by atoms with Crippen LogP contribution in [-0.4, -0.2) is 5.91 Å². The van der Waals surface area contributed by atoms with Gasteiger partial charge in [0.15, 0.2) is 0 Å². The van der Waals surface area contributed by atoms with Crippen LogP contribution in [0.15, 0.2) is 12.1 Å². The Balaban J connectivity index is 2.58. The molecule has 3 heteroatoms. The average Bonchev–Trinajstić information content (AvgIpc) is 2.48. The zero-order chi connectivity index (χ0) is 8.97. The van der Waals surface area contributed by atoms with Crippen LogP contribution in [0, 0.1) is 0 Å². The summed E-state index contributed by atoms with van der Waals surface area (Å²) in [4.78, 5) is 12.6. The second-order valence-corrected chi connectivity index (χ2v) is 3.90. The highest BCUT2D eigenvalue weighted by Gasteiger charge is 2.03. The van der Waals surface area contributed by atoms with Crippen LogP contribution in [-0.2, 0) is 6.42 Å². The number of aryl methyl sites for hydroxylation is 1. The van der Waals surface area contributed by atoms with Gasteiger partial charge in [-0.2, -0.15) is 0 Å². The summed E-state index contributed by atoms with van der Waals surface area (Å²) in [7, 11) is 0. The lowest BCUT2D eigenvalue weighted by atomic mass is 10.2. The van der Waals surface area contributed by atoms with Crippen LogP contribution in [0.1, 0.15) is 34.3 Å². The molecule has 0 aliphatic heterocycles. The maximum absolute atomic E-state index is 10.7. The summed E-state index contributed by atoms with van der Waals surface area (Å²) in [5, 5.41) is 0. The molecule has 1 heterocycles. The molecule has 0 fully saturated rings. The number of hydrogen-bond acceptors (Lipinski definition) is 2. The van der Waals surface area contributed by atoms with Gasteiger partial charge in [0.05, 0.1) is 4.88 Å². The lowest BCUT2D eigenvalue weighted by Gasteiger charge is -1.91. The lowest BCUT2D eigenvalue weighted by Crippen LogP contribution is -2.08. The fourth-order valence-corrected chi connectivity index (χ4v) is 1.90. The van der Waals surface area contributed by atoms with Gasteiger partial charge in [0.1, 0.15) is 0 Å². The molecule has 0 aliphatic carbocycles. The monoisotopic (exact) mass is 183 g/mol. The van der Waals surface area contributed by atoms with E-state index in [1.807, 2.05) is 6.07 Å². The lowest BCUT2D eigenvalue weighted by molar-refractivity contribution is 0.100. The van der Waals surface area contributed by atoms with Gasteiger partial charge in [-0.15, -0.1) is 11.3 Å². The standard InChI is InChI=1S/C9H13NOS/c1-2-3-4-7-5-6-8(12-7)9(10)11/h5-6H,2-4H2,1H3,(H2,10,11). The van der Waals surface area contributed by atoms with Gasteiger partial charge < -0.3 is 5.73 Å². The number of thiophene rings is 1. The molecule has 1 aromatic heterocycles. The van der Waals surface area contributed by atoms with Gasteiger partial charge in [-0.05, 0) is 25.0 Å². The Labute approximate surface area is 76.4 Å². The van der Waals surface area contributed by atoms with E-state index in [1.165, 1.54) is 29.1 Å². The Morgan fingerprint density at radius 2 is 2.33 bits per heavy atom. The highest BCUT2D eigenvalue weighted by Crippen LogP contribution is 2.17. The molecular weight excluding hydrogens is 170 g/mol. The van der Waals surface area contributed by atoms with E-state index in [4.69, 9.17) is 5.73 Å². The molecule has 1 rings (SSSR count). The van der Waals surface area contributed by atoms with Gasteiger partial charge in [-0.25, -0.2) is 0 Å². The summed E-state index contributed by atoms with van der Waals surface area (Å²) < 4.78 is 0. The molecule has 0 aliphatic rings. The van der Waals surface area contributed by atoms with Crippen LogP contribution >= 0.6 is 11.3 Å². The van der Waals surface area contributed by atoms with E-state index in [-0.39, 0.29) is 5.91 Å². The van der Waals surface area contributed by atoms with Crippen molar-refractivity contribution in [2.24, 2.45) is 5.73 Å². The van der Waals surface area contributed by atoms with Crippen molar-refractivity contribution in [1.82, 2.24) is 0 Å². The fourth-order valence-electron chi connectivity index (χ4n) is 0.996. The summed E-state index contributed by atoms with van der Waals surface area (Å²) in [6, 6.07) is 3.79. The molecule has 0 spiro atoms. The first-order valence-corrected chi connectivity index (χ1v) is 4.94. The first-order chi connectivity index (χ1) is 5.74. The van der Waals surface area contributed by atoms with Crippen molar-refractivity contribution in [2.75, 3.05) is 0 Å². The fraction of sp³-hybridized carbons (Fsp3) is 0.444. The molecule has 0 unspecified atom stereocenters. The Bertz CT molecular complexity index is 267. The summed E-state index contributed by atoms with van der Waals surface area (Å²) in [6.45, 7) is 2.16.